The van der Waals surface area contributed by atoms with Gasteiger partial charge in [-0.05, 0) is 53.1 Å². The maximum Gasteiger partial charge on any atom is 0.306 e. The molecule has 0 radical (unpaired) electrons. The first kappa shape index (κ1) is 13.6. The van der Waals surface area contributed by atoms with E-state index < -0.39 is 0 Å². The number of carbonyl (C=O) groups excluding carboxylic acids is 1. The maximum atomic E-state index is 11.2. The number of halogens is 1. The summed E-state index contributed by atoms with van der Waals surface area (Å²) in [7, 11) is 1.69. The van der Waals surface area contributed by atoms with Crippen molar-refractivity contribution in [2.24, 2.45) is 0 Å². The lowest BCUT2D eigenvalue weighted by Crippen LogP contribution is -2.03. The van der Waals surface area contributed by atoms with Crippen molar-refractivity contribution < 1.29 is 14.3 Å². The van der Waals surface area contributed by atoms with Gasteiger partial charge in [-0.25, -0.2) is 0 Å². The lowest BCUT2D eigenvalue weighted by Gasteiger charge is -2.15. The van der Waals surface area contributed by atoms with Crippen molar-refractivity contribution in [1.82, 2.24) is 0 Å². The van der Waals surface area contributed by atoms with E-state index in [2.05, 4.69) is 35.6 Å². The van der Waals surface area contributed by atoms with E-state index in [4.69, 9.17) is 9.47 Å². The highest BCUT2D eigenvalue weighted by molar-refractivity contribution is 14.1. The number of carbonyl (C=O) groups is 1. The summed E-state index contributed by atoms with van der Waals surface area (Å²) in [6.45, 7) is 2.15. The van der Waals surface area contributed by atoms with Gasteiger partial charge in [0.05, 0.1) is 7.11 Å². The molecule has 1 aliphatic rings. The van der Waals surface area contributed by atoms with Gasteiger partial charge in [-0.15, -0.1) is 0 Å². The van der Waals surface area contributed by atoms with Gasteiger partial charge in [0.25, 0.3) is 0 Å². The SMILES string of the molecule is CCCc1c(I)cc(C2CCC(=O)O2)cc1OC. The van der Waals surface area contributed by atoms with Gasteiger partial charge in [-0.1, -0.05) is 13.3 Å². The molecule has 3 nitrogen and oxygen atoms in total. The number of hydrogen-bond donors (Lipinski definition) is 0. The van der Waals surface area contributed by atoms with Gasteiger partial charge in [-0.2, -0.15) is 0 Å². The summed E-state index contributed by atoms with van der Waals surface area (Å²) in [5.74, 6) is 0.799. The molecule has 0 spiro atoms. The van der Waals surface area contributed by atoms with Crippen molar-refractivity contribution in [3.63, 3.8) is 0 Å². The molecule has 1 aromatic rings. The van der Waals surface area contributed by atoms with Crippen molar-refractivity contribution in [2.75, 3.05) is 7.11 Å². The number of methoxy groups -OCH3 is 1. The van der Waals surface area contributed by atoms with Gasteiger partial charge >= 0.3 is 5.97 Å². The number of benzene rings is 1. The van der Waals surface area contributed by atoms with E-state index in [-0.39, 0.29) is 12.1 Å². The second-order valence-electron chi connectivity index (χ2n) is 4.45. The van der Waals surface area contributed by atoms with Crippen LogP contribution in [0.2, 0.25) is 0 Å². The average molecular weight is 360 g/mol. The number of cyclic esters (lactones) is 1. The summed E-state index contributed by atoms with van der Waals surface area (Å²) in [5.41, 5.74) is 2.29. The zero-order valence-electron chi connectivity index (χ0n) is 10.7. The zero-order valence-corrected chi connectivity index (χ0v) is 12.8. The van der Waals surface area contributed by atoms with Gasteiger partial charge in [0.2, 0.25) is 0 Å². The van der Waals surface area contributed by atoms with E-state index in [0.717, 1.165) is 30.6 Å². The van der Waals surface area contributed by atoms with Crippen molar-refractivity contribution in [2.45, 2.75) is 38.7 Å². The average Bonchev–Trinajstić information content (AvgIpc) is 2.78. The minimum absolute atomic E-state index is 0.101. The molecule has 0 bridgehead atoms. The number of rotatable bonds is 4. The minimum Gasteiger partial charge on any atom is -0.496 e. The fourth-order valence-electron chi connectivity index (χ4n) is 2.25. The second kappa shape index (κ2) is 5.91. The predicted molar refractivity (Wildman–Crippen MR) is 77.8 cm³/mol. The molecule has 98 valence electrons. The van der Waals surface area contributed by atoms with Gasteiger partial charge < -0.3 is 9.47 Å². The van der Waals surface area contributed by atoms with Crippen molar-refractivity contribution >= 4 is 28.6 Å². The molecule has 1 fully saturated rings. The summed E-state index contributed by atoms with van der Waals surface area (Å²) < 4.78 is 12.0. The van der Waals surface area contributed by atoms with E-state index >= 15 is 0 Å². The van der Waals surface area contributed by atoms with Gasteiger partial charge in [0.1, 0.15) is 11.9 Å². The Labute approximate surface area is 121 Å². The molecular formula is C14H17IO3. The first-order valence-electron chi connectivity index (χ1n) is 6.21. The molecule has 1 saturated heterocycles. The van der Waals surface area contributed by atoms with Crippen molar-refractivity contribution in [3.8, 4) is 5.75 Å². The van der Waals surface area contributed by atoms with Crippen LogP contribution in [0, 0.1) is 3.57 Å². The molecule has 2 rings (SSSR count). The molecule has 0 N–H and O–H groups in total. The quantitative estimate of drug-likeness (QED) is 0.608. The third-order valence-electron chi connectivity index (χ3n) is 3.15. The largest absolute Gasteiger partial charge is 0.496 e. The molecule has 0 aromatic heterocycles. The Morgan fingerprint density at radius 1 is 1.50 bits per heavy atom. The summed E-state index contributed by atoms with van der Waals surface area (Å²) >= 11 is 2.33. The van der Waals surface area contributed by atoms with Crippen LogP contribution in [-0.2, 0) is 16.0 Å². The molecule has 0 aliphatic carbocycles. The number of esters is 1. The van der Waals surface area contributed by atoms with Gasteiger partial charge in [0, 0.05) is 15.6 Å². The molecule has 1 aliphatic heterocycles. The van der Waals surface area contributed by atoms with Crippen LogP contribution in [-0.4, -0.2) is 13.1 Å². The second-order valence-corrected chi connectivity index (χ2v) is 5.61. The Morgan fingerprint density at radius 2 is 2.28 bits per heavy atom. The maximum absolute atomic E-state index is 11.2. The molecule has 1 atom stereocenters. The van der Waals surface area contributed by atoms with Crippen LogP contribution in [0.3, 0.4) is 0 Å². The Hall–Kier alpha value is -0.780. The normalized spacial score (nSPS) is 18.8. The van der Waals surface area contributed by atoms with Crippen LogP contribution in [0.5, 0.6) is 5.75 Å². The molecule has 0 saturated carbocycles. The van der Waals surface area contributed by atoms with Gasteiger partial charge in [0.15, 0.2) is 0 Å². The summed E-state index contributed by atoms with van der Waals surface area (Å²) in [5, 5.41) is 0. The van der Waals surface area contributed by atoms with E-state index in [1.807, 2.05) is 6.07 Å². The van der Waals surface area contributed by atoms with Gasteiger partial charge in [-0.3, -0.25) is 4.79 Å². The summed E-state index contributed by atoms with van der Waals surface area (Å²) in [4.78, 5) is 11.2. The highest BCUT2D eigenvalue weighted by atomic mass is 127. The van der Waals surface area contributed by atoms with Crippen LogP contribution in [0.4, 0.5) is 0 Å². The van der Waals surface area contributed by atoms with E-state index in [1.54, 1.807) is 7.11 Å². The molecule has 18 heavy (non-hydrogen) atoms. The molecular weight excluding hydrogens is 343 g/mol. The lowest BCUT2D eigenvalue weighted by atomic mass is 10.0. The monoisotopic (exact) mass is 360 g/mol. The van der Waals surface area contributed by atoms with Crippen molar-refractivity contribution in [3.05, 3.63) is 26.8 Å². The highest BCUT2D eigenvalue weighted by Gasteiger charge is 2.26. The van der Waals surface area contributed by atoms with Crippen molar-refractivity contribution in [1.29, 1.82) is 0 Å². The Balaban J connectivity index is 2.33. The van der Waals surface area contributed by atoms with E-state index in [9.17, 15) is 4.79 Å². The molecule has 1 unspecified atom stereocenters. The Kier molecular flexibility index (Phi) is 4.48. The molecule has 0 amide bonds. The van der Waals surface area contributed by atoms with Crippen LogP contribution < -0.4 is 4.74 Å². The number of hydrogen-bond acceptors (Lipinski definition) is 3. The zero-order chi connectivity index (χ0) is 13.1. The standard InChI is InChI=1S/C14H17IO3/c1-3-4-10-11(15)7-9(8-13(10)17-2)12-5-6-14(16)18-12/h7-8,12H,3-6H2,1-2H3. The number of ether oxygens (including phenoxy) is 2. The lowest BCUT2D eigenvalue weighted by molar-refractivity contribution is -0.141. The first-order valence-corrected chi connectivity index (χ1v) is 7.29. The van der Waals surface area contributed by atoms with Crippen LogP contribution in [0.1, 0.15) is 43.4 Å². The Bertz CT molecular complexity index is 457. The van der Waals surface area contributed by atoms with Crippen LogP contribution in [0.15, 0.2) is 12.1 Å². The minimum atomic E-state index is -0.105. The summed E-state index contributed by atoms with van der Waals surface area (Å²) in [6.07, 6.45) is 3.28. The smallest absolute Gasteiger partial charge is 0.306 e. The third-order valence-corrected chi connectivity index (χ3v) is 4.12. The van der Waals surface area contributed by atoms with Crippen LogP contribution in [0.25, 0.3) is 0 Å². The third kappa shape index (κ3) is 2.79. The Morgan fingerprint density at radius 3 is 2.83 bits per heavy atom. The molecule has 4 heteroatoms. The predicted octanol–water partition coefficient (Wildman–Crippen LogP) is 3.63. The topological polar surface area (TPSA) is 35.5 Å². The molecule has 1 heterocycles. The van der Waals surface area contributed by atoms with E-state index in [0.29, 0.717) is 6.42 Å². The highest BCUT2D eigenvalue weighted by Crippen LogP contribution is 2.35. The van der Waals surface area contributed by atoms with Crippen LogP contribution >= 0.6 is 22.6 Å². The fourth-order valence-corrected chi connectivity index (χ4v) is 3.15. The summed E-state index contributed by atoms with van der Waals surface area (Å²) in [6, 6.07) is 4.12. The fraction of sp³-hybridized carbons (Fsp3) is 0.500. The van der Waals surface area contributed by atoms with E-state index in [1.165, 1.54) is 9.13 Å². The molecule has 1 aromatic carbocycles. The first-order chi connectivity index (χ1) is 8.65.